The predicted octanol–water partition coefficient (Wildman–Crippen LogP) is 4.14. The molecule has 0 bridgehead atoms. The summed E-state index contributed by atoms with van der Waals surface area (Å²) in [6.07, 6.45) is 1.85. The Hall–Kier alpha value is -0.390. The highest BCUT2D eigenvalue weighted by Gasteiger charge is 2.09. The third kappa shape index (κ3) is 2.47. The molecular weight excluding hydrogens is 357 g/mol. The zero-order chi connectivity index (χ0) is 11.7. The van der Waals surface area contributed by atoms with Crippen LogP contribution in [0.4, 0.5) is 0 Å². The summed E-state index contributed by atoms with van der Waals surface area (Å²) in [5.74, 6) is 0. The first-order valence-electron chi connectivity index (χ1n) is 4.59. The maximum Gasteiger partial charge on any atom is 0.0965 e. The van der Waals surface area contributed by atoms with E-state index in [0.29, 0.717) is 5.02 Å². The molecule has 0 saturated heterocycles. The van der Waals surface area contributed by atoms with E-state index < -0.39 is 0 Å². The van der Waals surface area contributed by atoms with E-state index in [1.807, 2.05) is 31.3 Å². The monoisotopic (exact) mass is 363 g/mol. The van der Waals surface area contributed by atoms with Crippen molar-refractivity contribution < 1.29 is 0 Å². The van der Waals surface area contributed by atoms with E-state index >= 15 is 0 Å². The van der Waals surface area contributed by atoms with Crippen molar-refractivity contribution in [3.8, 4) is 5.69 Å². The summed E-state index contributed by atoms with van der Waals surface area (Å²) >= 11 is 12.9. The Kier molecular flexibility index (Phi) is 3.66. The molecule has 0 N–H and O–H groups in total. The first-order chi connectivity index (χ1) is 7.58. The number of rotatable bonds is 2. The van der Waals surface area contributed by atoms with Crippen molar-refractivity contribution in [1.29, 1.82) is 0 Å². The Morgan fingerprint density at radius 2 is 2.19 bits per heavy atom. The molecule has 1 atom stereocenters. The fourth-order valence-electron chi connectivity index (χ4n) is 1.24. The maximum atomic E-state index is 6.10. The molecule has 0 spiro atoms. The van der Waals surface area contributed by atoms with Gasteiger partial charge in [-0.3, -0.25) is 0 Å². The summed E-state index contributed by atoms with van der Waals surface area (Å²) in [5.41, 5.74) is 1.68. The molecule has 0 aliphatic rings. The minimum Gasteiger partial charge on any atom is -0.219 e. The second-order valence-corrected chi connectivity index (χ2v) is 6.00. The van der Waals surface area contributed by atoms with Crippen molar-refractivity contribution in [3.63, 3.8) is 0 Å². The van der Waals surface area contributed by atoms with Gasteiger partial charge in [-0.15, -0.1) is 5.10 Å². The lowest BCUT2D eigenvalue weighted by atomic mass is 10.3. The molecule has 0 aliphatic carbocycles. The Labute approximate surface area is 115 Å². The Bertz CT molecular complexity index is 511. The van der Waals surface area contributed by atoms with Crippen molar-refractivity contribution in [2.75, 3.05) is 0 Å². The molecule has 0 radical (unpaired) electrons. The molecule has 6 heteroatoms. The van der Waals surface area contributed by atoms with Crippen LogP contribution in [-0.2, 0) is 0 Å². The number of halogens is 3. The lowest BCUT2D eigenvalue weighted by Gasteiger charge is -2.03. The van der Waals surface area contributed by atoms with Crippen LogP contribution in [0.25, 0.3) is 5.69 Å². The molecule has 1 unspecified atom stereocenters. The van der Waals surface area contributed by atoms with Crippen molar-refractivity contribution in [2.45, 2.75) is 11.8 Å². The van der Waals surface area contributed by atoms with Crippen LogP contribution in [0.5, 0.6) is 0 Å². The molecule has 84 valence electrons. The number of alkyl halides is 1. The van der Waals surface area contributed by atoms with Gasteiger partial charge in [0.25, 0.3) is 0 Å². The van der Waals surface area contributed by atoms with Crippen LogP contribution in [0.15, 0.2) is 28.9 Å². The van der Waals surface area contributed by atoms with E-state index in [4.69, 9.17) is 11.6 Å². The van der Waals surface area contributed by atoms with E-state index in [9.17, 15) is 0 Å². The fraction of sp³-hybridized carbons (Fsp3) is 0.200. The summed E-state index contributed by atoms with van der Waals surface area (Å²) < 4.78 is 2.62. The van der Waals surface area contributed by atoms with Gasteiger partial charge in [0.1, 0.15) is 0 Å². The van der Waals surface area contributed by atoms with Gasteiger partial charge >= 0.3 is 0 Å². The van der Waals surface area contributed by atoms with E-state index in [0.717, 1.165) is 15.9 Å². The van der Waals surface area contributed by atoms with E-state index in [-0.39, 0.29) is 4.83 Å². The number of benzene rings is 1. The third-order valence-corrected chi connectivity index (χ3v) is 3.36. The van der Waals surface area contributed by atoms with Crippen molar-refractivity contribution in [3.05, 3.63) is 39.6 Å². The summed E-state index contributed by atoms with van der Waals surface area (Å²) in [4.78, 5) is 0.173. The van der Waals surface area contributed by atoms with Gasteiger partial charge in [-0.2, -0.15) is 0 Å². The molecule has 16 heavy (non-hydrogen) atoms. The van der Waals surface area contributed by atoms with Gasteiger partial charge in [-0.25, -0.2) is 4.68 Å². The van der Waals surface area contributed by atoms with Crippen LogP contribution >= 0.6 is 43.5 Å². The maximum absolute atomic E-state index is 6.10. The van der Waals surface area contributed by atoms with E-state index in [1.165, 1.54) is 0 Å². The molecule has 0 fully saturated rings. The molecule has 0 saturated carbocycles. The van der Waals surface area contributed by atoms with Gasteiger partial charge < -0.3 is 0 Å². The molecule has 1 aromatic heterocycles. The van der Waals surface area contributed by atoms with Crippen molar-refractivity contribution >= 4 is 43.5 Å². The van der Waals surface area contributed by atoms with Crippen molar-refractivity contribution in [2.24, 2.45) is 0 Å². The third-order valence-electron chi connectivity index (χ3n) is 2.07. The summed E-state index contributed by atoms with van der Waals surface area (Å²) in [7, 11) is 0. The number of nitrogens with zero attached hydrogens (tertiary/aromatic N) is 3. The minimum atomic E-state index is 0.173. The zero-order valence-corrected chi connectivity index (χ0v) is 12.3. The average molecular weight is 365 g/mol. The minimum absolute atomic E-state index is 0.173. The fourth-order valence-corrected chi connectivity index (χ4v) is 2.00. The highest BCUT2D eigenvalue weighted by Crippen LogP contribution is 2.25. The molecule has 1 aromatic carbocycles. The summed E-state index contributed by atoms with van der Waals surface area (Å²) in [6.45, 7) is 2.00. The lowest BCUT2D eigenvalue weighted by Crippen LogP contribution is -1.95. The van der Waals surface area contributed by atoms with Crippen LogP contribution in [0.3, 0.4) is 0 Å². The van der Waals surface area contributed by atoms with Crippen LogP contribution in [-0.4, -0.2) is 15.0 Å². The Morgan fingerprint density at radius 1 is 1.44 bits per heavy atom. The van der Waals surface area contributed by atoms with Crippen LogP contribution in [0, 0.1) is 0 Å². The zero-order valence-electron chi connectivity index (χ0n) is 8.36. The smallest absolute Gasteiger partial charge is 0.0965 e. The summed E-state index contributed by atoms with van der Waals surface area (Å²) in [6, 6.07) is 5.61. The quantitative estimate of drug-likeness (QED) is 0.749. The Balaban J connectivity index is 2.46. The highest BCUT2D eigenvalue weighted by atomic mass is 79.9. The van der Waals surface area contributed by atoms with Gasteiger partial charge in [0, 0.05) is 4.47 Å². The number of hydrogen-bond acceptors (Lipinski definition) is 2. The largest absolute Gasteiger partial charge is 0.219 e. The topological polar surface area (TPSA) is 30.7 Å². The average Bonchev–Trinajstić information content (AvgIpc) is 2.70. The molecule has 2 rings (SSSR count). The van der Waals surface area contributed by atoms with Gasteiger partial charge in [0.15, 0.2) is 0 Å². The van der Waals surface area contributed by atoms with Crippen LogP contribution in [0.2, 0.25) is 5.02 Å². The second-order valence-electron chi connectivity index (χ2n) is 3.30. The van der Waals surface area contributed by atoms with Gasteiger partial charge in [0.2, 0.25) is 0 Å². The lowest BCUT2D eigenvalue weighted by molar-refractivity contribution is 0.797. The Morgan fingerprint density at radius 3 is 2.81 bits per heavy atom. The van der Waals surface area contributed by atoms with Crippen LogP contribution in [0.1, 0.15) is 17.4 Å². The summed E-state index contributed by atoms with van der Waals surface area (Å²) in [5, 5.41) is 8.74. The van der Waals surface area contributed by atoms with Gasteiger partial charge in [-0.05, 0) is 25.1 Å². The van der Waals surface area contributed by atoms with Gasteiger partial charge in [-0.1, -0.05) is 48.7 Å². The predicted molar refractivity (Wildman–Crippen MR) is 71.4 cm³/mol. The molecular formula is C10H8Br2ClN3. The van der Waals surface area contributed by atoms with E-state index in [1.54, 1.807) is 4.68 Å². The molecule has 0 aliphatic heterocycles. The standard InChI is InChI=1S/C10H8Br2ClN3/c1-6(11)9-5-16(15-14-9)10-4-7(12)2-3-8(10)13/h2-6H,1H3. The SMILES string of the molecule is CC(Br)c1cn(-c2cc(Br)ccc2Cl)nn1. The number of hydrogen-bond donors (Lipinski definition) is 0. The van der Waals surface area contributed by atoms with Gasteiger partial charge in [0.05, 0.1) is 27.4 Å². The van der Waals surface area contributed by atoms with E-state index in [2.05, 4.69) is 42.2 Å². The normalized spacial score (nSPS) is 12.8. The molecule has 1 heterocycles. The first kappa shape index (κ1) is 12.1. The highest BCUT2D eigenvalue weighted by molar-refractivity contribution is 9.10. The molecule has 2 aromatic rings. The van der Waals surface area contributed by atoms with Crippen LogP contribution < -0.4 is 0 Å². The first-order valence-corrected chi connectivity index (χ1v) is 6.68. The number of aromatic nitrogens is 3. The van der Waals surface area contributed by atoms with Crippen molar-refractivity contribution in [1.82, 2.24) is 15.0 Å². The molecule has 0 amide bonds. The second kappa shape index (κ2) is 4.85. The molecule has 3 nitrogen and oxygen atoms in total.